The van der Waals surface area contributed by atoms with Gasteiger partial charge in [0.25, 0.3) is 0 Å². The van der Waals surface area contributed by atoms with E-state index in [2.05, 4.69) is 31.4 Å². The highest BCUT2D eigenvalue weighted by Crippen LogP contribution is 2.17. The molecule has 118 valence electrons. The van der Waals surface area contributed by atoms with Crippen LogP contribution in [0.2, 0.25) is 0 Å². The van der Waals surface area contributed by atoms with Crippen LogP contribution in [-0.2, 0) is 4.79 Å². The smallest absolute Gasteiger partial charge is 0.314 e. The molecule has 0 saturated heterocycles. The molecule has 0 aromatic heterocycles. The van der Waals surface area contributed by atoms with Gasteiger partial charge in [-0.1, -0.05) is 33.6 Å². The maximum Gasteiger partial charge on any atom is 0.314 e. The Balaban J connectivity index is 3.75. The SMILES string of the molecule is CCCC(CCNC(=O)NCCC(C)C)CCC(=O)O. The van der Waals surface area contributed by atoms with Crippen molar-refractivity contribution >= 4 is 12.0 Å². The number of hydrogen-bond donors (Lipinski definition) is 3. The number of carbonyl (C=O) groups excluding carboxylic acids is 1. The predicted octanol–water partition coefficient (Wildman–Crippen LogP) is 3.00. The minimum absolute atomic E-state index is 0.126. The van der Waals surface area contributed by atoms with E-state index in [0.717, 1.165) is 25.7 Å². The van der Waals surface area contributed by atoms with Crippen LogP contribution in [0.15, 0.2) is 0 Å². The van der Waals surface area contributed by atoms with Crippen LogP contribution in [0, 0.1) is 11.8 Å². The molecule has 5 heteroatoms. The van der Waals surface area contributed by atoms with E-state index in [0.29, 0.717) is 31.3 Å². The Morgan fingerprint density at radius 1 is 1.00 bits per heavy atom. The number of carboxylic acids is 1. The molecule has 0 saturated carbocycles. The van der Waals surface area contributed by atoms with E-state index in [1.165, 1.54) is 0 Å². The monoisotopic (exact) mass is 286 g/mol. The van der Waals surface area contributed by atoms with Crippen LogP contribution < -0.4 is 10.6 Å². The third-order valence-electron chi connectivity index (χ3n) is 3.31. The summed E-state index contributed by atoms with van der Waals surface area (Å²) in [5.41, 5.74) is 0. The van der Waals surface area contributed by atoms with Gasteiger partial charge >= 0.3 is 12.0 Å². The Morgan fingerprint density at radius 2 is 1.60 bits per heavy atom. The molecule has 0 bridgehead atoms. The fraction of sp³-hybridized carbons (Fsp3) is 0.867. The number of carbonyl (C=O) groups is 2. The van der Waals surface area contributed by atoms with E-state index in [-0.39, 0.29) is 12.5 Å². The molecular weight excluding hydrogens is 256 g/mol. The summed E-state index contributed by atoms with van der Waals surface area (Å²) >= 11 is 0. The average molecular weight is 286 g/mol. The van der Waals surface area contributed by atoms with E-state index in [1.807, 2.05) is 0 Å². The van der Waals surface area contributed by atoms with Crippen molar-refractivity contribution in [1.29, 1.82) is 0 Å². The number of rotatable bonds is 11. The second-order valence-electron chi connectivity index (χ2n) is 5.74. The maximum atomic E-state index is 11.5. The van der Waals surface area contributed by atoms with Gasteiger partial charge in [0.05, 0.1) is 0 Å². The molecule has 1 unspecified atom stereocenters. The summed E-state index contributed by atoms with van der Waals surface area (Å²) in [6, 6.07) is -0.126. The summed E-state index contributed by atoms with van der Waals surface area (Å²) < 4.78 is 0. The first kappa shape index (κ1) is 18.7. The van der Waals surface area contributed by atoms with Gasteiger partial charge in [-0.25, -0.2) is 4.79 Å². The first-order valence-electron chi connectivity index (χ1n) is 7.69. The van der Waals surface area contributed by atoms with Crippen molar-refractivity contribution in [2.45, 2.75) is 59.3 Å². The largest absolute Gasteiger partial charge is 0.481 e. The van der Waals surface area contributed by atoms with Gasteiger partial charge in [0.2, 0.25) is 0 Å². The fourth-order valence-electron chi connectivity index (χ4n) is 2.10. The Bertz CT molecular complexity index is 280. The lowest BCUT2D eigenvalue weighted by molar-refractivity contribution is -0.137. The zero-order valence-corrected chi connectivity index (χ0v) is 13.1. The molecule has 0 aliphatic rings. The van der Waals surface area contributed by atoms with Crippen molar-refractivity contribution in [3.63, 3.8) is 0 Å². The summed E-state index contributed by atoms with van der Waals surface area (Å²) in [6.07, 6.45) is 4.79. The summed E-state index contributed by atoms with van der Waals surface area (Å²) in [4.78, 5) is 22.1. The normalized spacial score (nSPS) is 12.2. The summed E-state index contributed by atoms with van der Waals surface area (Å²) in [5.74, 6) is 0.220. The van der Waals surface area contributed by atoms with Crippen molar-refractivity contribution in [3.8, 4) is 0 Å². The van der Waals surface area contributed by atoms with Crippen LogP contribution in [0.1, 0.15) is 59.3 Å². The second kappa shape index (κ2) is 11.6. The molecule has 5 nitrogen and oxygen atoms in total. The van der Waals surface area contributed by atoms with Crippen molar-refractivity contribution in [3.05, 3.63) is 0 Å². The number of hydrogen-bond acceptors (Lipinski definition) is 2. The maximum absolute atomic E-state index is 11.5. The highest BCUT2D eigenvalue weighted by molar-refractivity contribution is 5.73. The summed E-state index contributed by atoms with van der Waals surface area (Å²) in [6.45, 7) is 7.65. The van der Waals surface area contributed by atoms with Crippen LogP contribution >= 0.6 is 0 Å². The molecule has 0 spiro atoms. The van der Waals surface area contributed by atoms with E-state index < -0.39 is 5.97 Å². The van der Waals surface area contributed by atoms with Gasteiger partial charge in [-0.15, -0.1) is 0 Å². The number of nitrogens with one attached hydrogen (secondary N) is 2. The Kier molecular flexibility index (Phi) is 10.8. The van der Waals surface area contributed by atoms with Gasteiger partial charge in [-0.2, -0.15) is 0 Å². The third-order valence-corrected chi connectivity index (χ3v) is 3.31. The molecule has 3 N–H and O–H groups in total. The van der Waals surface area contributed by atoms with Crippen molar-refractivity contribution in [2.75, 3.05) is 13.1 Å². The average Bonchev–Trinajstić information content (AvgIpc) is 2.35. The van der Waals surface area contributed by atoms with Crippen LogP contribution in [-0.4, -0.2) is 30.2 Å². The van der Waals surface area contributed by atoms with Crippen LogP contribution in [0.4, 0.5) is 4.79 Å². The number of aliphatic carboxylic acids is 1. The first-order chi connectivity index (χ1) is 9.45. The van der Waals surface area contributed by atoms with Gasteiger partial charge in [0.1, 0.15) is 0 Å². The van der Waals surface area contributed by atoms with Crippen molar-refractivity contribution in [2.24, 2.45) is 11.8 Å². The quantitative estimate of drug-likeness (QED) is 0.546. The molecule has 1 atom stereocenters. The molecule has 0 aromatic rings. The number of amides is 2. The van der Waals surface area contributed by atoms with Gasteiger partial charge in [-0.05, 0) is 31.1 Å². The molecule has 0 fully saturated rings. The van der Waals surface area contributed by atoms with Crippen molar-refractivity contribution in [1.82, 2.24) is 10.6 Å². The highest BCUT2D eigenvalue weighted by Gasteiger charge is 2.10. The molecule has 20 heavy (non-hydrogen) atoms. The predicted molar refractivity (Wildman–Crippen MR) is 80.7 cm³/mol. The zero-order valence-electron chi connectivity index (χ0n) is 13.1. The van der Waals surface area contributed by atoms with E-state index >= 15 is 0 Å². The third kappa shape index (κ3) is 11.8. The topological polar surface area (TPSA) is 78.4 Å². The molecule has 0 radical (unpaired) electrons. The lowest BCUT2D eigenvalue weighted by Gasteiger charge is -2.15. The Labute approximate surface area is 122 Å². The highest BCUT2D eigenvalue weighted by atomic mass is 16.4. The molecule has 0 rings (SSSR count). The minimum atomic E-state index is -0.745. The zero-order chi connectivity index (χ0) is 15.4. The molecule has 0 aliphatic heterocycles. The number of carboxylic acid groups (broad SMARTS) is 1. The second-order valence-corrected chi connectivity index (χ2v) is 5.74. The molecule has 0 heterocycles. The standard InChI is InChI=1S/C15H30N2O3/c1-4-5-13(6-7-14(18)19)9-11-17-15(20)16-10-8-12(2)3/h12-13H,4-11H2,1-3H3,(H,18,19)(H2,16,17,20). The molecule has 0 aliphatic carbocycles. The van der Waals surface area contributed by atoms with Crippen LogP contribution in [0.25, 0.3) is 0 Å². The van der Waals surface area contributed by atoms with Gasteiger partial charge in [0, 0.05) is 19.5 Å². The van der Waals surface area contributed by atoms with E-state index in [9.17, 15) is 9.59 Å². The molecular formula is C15H30N2O3. The summed E-state index contributed by atoms with van der Waals surface area (Å²) in [5, 5.41) is 14.4. The van der Waals surface area contributed by atoms with Gasteiger partial charge in [-0.3, -0.25) is 4.79 Å². The van der Waals surface area contributed by atoms with E-state index in [1.54, 1.807) is 0 Å². The molecule has 0 aromatic carbocycles. The Morgan fingerprint density at radius 3 is 2.10 bits per heavy atom. The minimum Gasteiger partial charge on any atom is -0.481 e. The van der Waals surface area contributed by atoms with Crippen LogP contribution in [0.5, 0.6) is 0 Å². The lowest BCUT2D eigenvalue weighted by atomic mass is 9.94. The first-order valence-corrected chi connectivity index (χ1v) is 7.69. The lowest BCUT2D eigenvalue weighted by Crippen LogP contribution is -2.37. The fourth-order valence-corrected chi connectivity index (χ4v) is 2.10. The van der Waals surface area contributed by atoms with Crippen molar-refractivity contribution < 1.29 is 14.7 Å². The van der Waals surface area contributed by atoms with Gasteiger partial charge < -0.3 is 15.7 Å². The van der Waals surface area contributed by atoms with Gasteiger partial charge in [0.15, 0.2) is 0 Å². The van der Waals surface area contributed by atoms with E-state index in [4.69, 9.17) is 5.11 Å². The van der Waals surface area contributed by atoms with Crippen LogP contribution in [0.3, 0.4) is 0 Å². The summed E-state index contributed by atoms with van der Waals surface area (Å²) in [7, 11) is 0. The molecule has 2 amide bonds. The Hall–Kier alpha value is -1.26. The number of urea groups is 1.